The van der Waals surface area contributed by atoms with Crippen molar-refractivity contribution in [2.45, 2.75) is 42.4 Å². The monoisotopic (exact) mass is 492 g/mol. The van der Waals surface area contributed by atoms with Crippen LogP contribution in [0.5, 0.6) is 0 Å². The summed E-state index contributed by atoms with van der Waals surface area (Å²) in [6, 6.07) is 9.43. The number of benzene rings is 1. The van der Waals surface area contributed by atoms with E-state index in [0.717, 1.165) is 36.1 Å². The molecule has 31 heavy (non-hydrogen) atoms. The van der Waals surface area contributed by atoms with Crippen molar-refractivity contribution in [3.8, 4) is 0 Å². The fraction of sp³-hybridized carbons (Fsp3) is 0.333. The van der Waals surface area contributed by atoms with Crippen molar-refractivity contribution in [1.29, 1.82) is 0 Å². The first kappa shape index (κ1) is 22.3. The van der Waals surface area contributed by atoms with Crippen LogP contribution in [0, 0.1) is 6.92 Å². The normalized spacial score (nSPS) is 15.0. The Kier molecular flexibility index (Phi) is 6.95. The molecule has 1 aliphatic rings. The minimum absolute atomic E-state index is 0.0193. The minimum atomic E-state index is -0.470. The second-order valence-electron chi connectivity index (χ2n) is 7.39. The van der Waals surface area contributed by atoms with Crippen LogP contribution in [-0.4, -0.2) is 27.8 Å². The topological polar surface area (TPSA) is 84.0 Å². The van der Waals surface area contributed by atoms with E-state index in [4.69, 9.17) is 11.6 Å². The fourth-order valence-corrected chi connectivity index (χ4v) is 6.36. The number of amides is 2. The van der Waals surface area contributed by atoms with Crippen LogP contribution in [0.1, 0.15) is 36.1 Å². The highest BCUT2D eigenvalue weighted by Crippen LogP contribution is 2.44. The number of thiophene rings is 1. The number of rotatable bonds is 7. The number of hydrogen-bond donors (Lipinski definition) is 2. The average Bonchev–Trinajstić information content (AvgIpc) is 3.51. The number of hydrogen-bond acceptors (Lipinski definition) is 7. The summed E-state index contributed by atoms with van der Waals surface area (Å²) >= 11 is 10.3. The van der Waals surface area contributed by atoms with E-state index < -0.39 is 5.41 Å². The Morgan fingerprint density at radius 3 is 2.71 bits per heavy atom. The zero-order chi connectivity index (χ0) is 21.8. The van der Waals surface area contributed by atoms with Crippen molar-refractivity contribution in [2.24, 2.45) is 0 Å². The van der Waals surface area contributed by atoms with Gasteiger partial charge >= 0.3 is 0 Å². The number of nitrogens with one attached hydrogen (secondary N) is 2. The van der Waals surface area contributed by atoms with Gasteiger partial charge in [0.25, 0.3) is 0 Å². The zero-order valence-corrected chi connectivity index (χ0v) is 20.0. The van der Waals surface area contributed by atoms with Gasteiger partial charge in [-0.25, -0.2) is 0 Å². The van der Waals surface area contributed by atoms with Gasteiger partial charge < -0.3 is 5.32 Å². The number of carbonyl (C=O) groups excluding carboxylic acids is 2. The summed E-state index contributed by atoms with van der Waals surface area (Å²) in [6.45, 7) is 1.91. The predicted molar refractivity (Wildman–Crippen MR) is 129 cm³/mol. The van der Waals surface area contributed by atoms with Crippen LogP contribution >= 0.6 is 46.0 Å². The Morgan fingerprint density at radius 1 is 1.19 bits per heavy atom. The predicted octanol–water partition coefficient (Wildman–Crippen LogP) is 5.74. The molecule has 1 fully saturated rings. The van der Waals surface area contributed by atoms with E-state index in [2.05, 4.69) is 20.8 Å². The van der Waals surface area contributed by atoms with Crippen LogP contribution < -0.4 is 10.6 Å². The molecule has 2 amide bonds. The van der Waals surface area contributed by atoms with E-state index in [9.17, 15) is 9.59 Å². The van der Waals surface area contributed by atoms with Gasteiger partial charge in [0.1, 0.15) is 0 Å². The number of halogens is 1. The molecule has 1 aromatic carbocycles. The van der Waals surface area contributed by atoms with Crippen LogP contribution in [0.4, 0.5) is 10.8 Å². The van der Waals surface area contributed by atoms with Crippen LogP contribution in [0.3, 0.4) is 0 Å². The van der Waals surface area contributed by atoms with E-state index in [1.54, 1.807) is 17.4 Å². The van der Waals surface area contributed by atoms with Gasteiger partial charge in [-0.3, -0.25) is 14.9 Å². The average molecular weight is 493 g/mol. The molecule has 2 heterocycles. The summed E-state index contributed by atoms with van der Waals surface area (Å²) in [5.74, 6) is 0.00942. The summed E-state index contributed by atoms with van der Waals surface area (Å²) in [6.07, 6.45) is 3.79. The van der Waals surface area contributed by atoms with E-state index >= 15 is 0 Å². The highest BCUT2D eigenvalue weighted by molar-refractivity contribution is 8.01. The molecule has 3 aromatic rings. The first-order valence-corrected chi connectivity index (χ1v) is 12.9. The molecular formula is C21H21ClN4O2S3. The maximum absolute atomic E-state index is 13.1. The standard InChI is InChI=1S/C21H21ClN4O2S3/c1-13-6-7-14(11-15(13)22)23-17(27)12-30-20-26-25-19(31-20)24-18(28)21(8-2-3-9-21)16-5-4-10-29-16/h4-7,10-11H,2-3,8-9,12H2,1H3,(H,23,27)(H,24,25,28). The second kappa shape index (κ2) is 9.68. The highest BCUT2D eigenvalue weighted by atomic mass is 35.5. The van der Waals surface area contributed by atoms with Crippen molar-refractivity contribution in [2.75, 3.05) is 16.4 Å². The number of aryl methyl sites for hydroxylation is 1. The van der Waals surface area contributed by atoms with Gasteiger partial charge in [0.05, 0.1) is 11.2 Å². The maximum atomic E-state index is 13.1. The lowest BCUT2D eigenvalue weighted by Gasteiger charge is -2.25. The van der Waals surface area contributed by atoms with Crippen molar-refractivity contribution in [3.63, 3.8) is 0 Å². The zero-order valence-electron chi connectivity index (χ0n) is 16.8. The lowest BCUT2D eigenvalue weighted by molar-refractivity contribution is -0.121. The molecule has 0 bridgehead atoms. The Hall–Kier alpha value is -1.94. The van der Waals surface area contributed by atoms with Crippen molar-refractivity contribution < 1.29 is 9.59 Å². The molecule has 10 heteroatoms. The van der Waals surface area contributed by atoms with Gasteiger partial charge in [0.2, 0.25) is 16.9 Å². The number of anilines is 2. The molecule has 0 atom stereocenters. The Morgan fingerprint density at radius 2 is 2.00 bits per heavy atom. The SMILES string of the molecule is Cc1ccc(NC(=O)CSc2nnc(NC(=O)C3(c4cccs4)CCCC3)s2)cc1Cl. The maximum Gasteiger partial charge on any atom is 0.237 e. The number of carbonyl (C=O) groups is 2. The third-order valence-electron chi connectivity index (χ3n) is 5.29. The first-order valence-electron chi connectivity index (χ1n) is 9.84. The van der Waals surface area contributed by atoms with Crippen molar-refractivity contribution in [3.05, 3.63) is 51.2 Å². The van der Waals surface area contributed by atoms with E-state index in [1.807, 2.05) is 36.6 Å². The van der Waals surface area contributed by atoms with Gasteiger partial charge in [0, 0.05) is 15.6 Å². The quantitative estimate of drug-likeness (QED) is 0.324. The van der Waals surface area contributed by atoms with E-state index in [-0.39, 0.29) is 17.6 Å². The Balaban J connectivity index is 1.33. The second-order valence-corrected chi connectivity index (χ2v) is 10.9. The lowest BCUT2D eigenvalue weighted by atomic mass is 9.83. The van der Waals surface area contributed by atoms with Gasteiger partial charge in [-0.2, -0.15) is 0 Å². The van der Waals surface area contributed by atoms with Gasteiger partial charge in [-0.05, 0) is 48.9 Å². The molecule has 6 nitrogen and oxygen atoms in total. The Labute approximate surface area is 197 Å². The summed E-state index contributed by atoms with van der Waals surface area (Å²) in [5, 5.41) is 17.1. The smallest absolute Gasteiger partial charge is 0.237 e. The molecule has 0 unspecified atom stereocenters. The largest absolute Gasteiger partial charge is 0.325 e. The van der Waals surface area contributed by atoms with E-state index in [0.29, 0.717) is 20.2 Å². The van der Waals surface area contributed by atoms with Gasteiger partial charge in [-0.1, -0.05) is 59.7 Å². The third-order valence-corrected chi connectivity index (χ3v) is 8.75. The van der Waals surface area contributed by atoms with Crippen LogP contribution in [0.25, 0.3) is 0 Å². The number of nitrogens with zero attached hydrogens (tertiary/aromatic N) is 2. The first-order chi connectivity index (χ1) is 15.0. The molecule has 0 spiro atoms. The molecule has 4 rings (SSSR count). The van der Waals surface area contributed by atoms with Crippen molar-refractivity contribution in [1.82, 2.24) is 10.2 Å². The number of thioether (sulfide) groups is 1. The van der Waals surface area contributed by atoms with E-state index in [1.165, 1.54) is 23.1 Å². The van der Waals surface area contributed by atoms with Crippen molar-refractivity contribution >= 4 is 68.7 Å². The molecule has 1 saturated carbocycles. The van der Waals surface area contributed by atoms with Gasteiger partial charge in [-0.15, -0.1) is 21.5 Å². The van der Waals surface area contributed by atoms with Crippen LogP contribution in [0.2, 0.25) is 5.02 Å². The summed E-state index contributed by atoms with van der Waals surface area (Å²) < 4.78 is 0.629. The Bertz CT molecular complexity index is 1080. The fourth-order valence-electron chi connectivity index (χ4n) is 3.65. The molecule has 0 saturated heterocycles. The highest BCUT2D eigenvalue weighted by Gasteiger charge is 2.43. The third kappa shape index (κ3) is 5.11. The molecule has 2 N–H and O–H groups in total. The minimum Gasteiger partial charge on any atom is -0.325 e. The summed E-state index contributed by atoms with van der Waals surface area (Å²) in [5.41, 5.74) is 1.14. The lowest BCUT2D eigenvalue weighted by Crippen LogP contribution is -2.37. The number of aromatic nitrogens is 2. The molecular weight excluding hydrogens is 472 g/mol. The molecule has 2 aromatic heterocycles. The summed E-state index contributed by atoms with van der Waals surface area (Å²) in [7, 11) is 0. The van der Waals surface area contributed by atoms with Crippen LogP contribution in [-0.2, 0) is 15.0 Å². The van der Waals surface area contributed by atoms with Gasteiger partial charge in [0.15, 0.2) is 4.34 Å². The molecule has 162 valence electrons. The summed E-state index contributed by atoms with van der Waals surface area (Å²) in [4.78, 5) is 26.5. The molecule has 0 radical (unpaired) electrons. The van der Waals surface area contributed by atoms with Crippen LogP contribution in [0.15, 0.2) is 40.1 Å². The molecule has 0 aliphatic heterocycles. The molecule has 1 aliphatic carbocycles.